The maximum absolute atomic E-state index is 10.6. The van der Waals surface area contributed by atoms with Gasteiger partial charge in [0.2, 0.25) is 5.91 Å². The van der Waals surface area contributed by atoms with Gasteiger partial charge in [0, 0.05) is 0 Å². The van der Waals surface area contributed by atoms with Gasteiger partial charge < -0.3 is 12.2 Å². The summed E-state index contributed by atoms with van der Waals surface area (Å²) in [7, 11) is 0. The van der Waals surface area contributed by atoms with Crippen LogP contribution in [0.25, 0.3) is 0 Å². The monoisotopic (exact) mass is 149 g/mol. The van der Waals surface area contributed by atoms with Gasteiger partial charge in [-0.1, -0.05) is 26.0 Å². The van der Waals surface area contributed by atoms with Crippen molar-refractivity contribution in [2.45, 2.75) is 19.4 Å². The van der Waals surface area contributed by atoms with Gasteiger partial charge in [0.1, 0.15) is 0 Å². The number of hydrogen-bond acceptors (Lipinski definition) is 1. The summed E-state index contributed by atoms with van der Waals surface area (Å²) >= 11 is 0. The van der Waals surface area contributed by atoms with E-state index in [1.165, 1.54) is 6.08 Å². The second kappa shape index (κ2) is 4.94. The van der Waals surface area contributed by atoms with Crippen molar-refractivity contribution >= 4 is 5.91 Å². The molecule has 0 rings (SSSR count). The first-order chi connectivity index (χ1) is 3.95. The number of carbonyl (C=O) groups excluding carboxylic acids is 1. The van der Waals surface area contributed by atoms with E-state index in [-0.39, 0.29) is 35.5 Å². The number of hydrogen-bond donors (Lipinski definition) is 1. The first kappa shape index (κ1) is 12.8. The molecule has 10 heavy (non-hydrogen) atoms. The quantitative estimate of drug-likeness (QED) is 0.272. The minimum atomic E-state index is -0.398. The standard InChI is InChI=1S/C7H12NO.Na/c1-5-6(9)8-7(2,3)4;/h5H,1-2H2,3-4H3,(H,8,9);/q-1;+1. The third-order valence-corrected chi connectivity index (χ3v) is 0.647. The SMILES string of the molecule is C=CC(=O)NC([CH2-])(C)C.[Na+]. The van der Waals surface area contributed by atoms with E-state index in [2.05, 4.69) is 18.8 Å². The Morgan fingerprint density at radius 2 is 2.10 bits per heavy atom. The van der Waals surface area contributed by atoms with Gasteiger partial charge in [-0.3, -0.25) is 4.79 Å². The molecule has 2 nitrogen and oxygen atoms in total. The molecule has 0 aliphatic carbocycles. The molecule has 0 aromatic carbocycles. The number of rotatable bonds is 2. The largest absolute Gasteiger partial charge is 1.00 e. The summed E-state index contributed by atoms with van der Waals surface area (Å²) in [6.45, 7) is 10.6. The van der Waals surface area contributed by atoms with Crippen molar-refractivity contribution in [3.05, 3.63) is 19.6 Å². The Morgan fingerprint density at radius 1 is 1.70 bits per heavy atom. The molecule has 0 saturated carbocycles. The van der Waals surface area contributed by atoms with Crippen LogP contribution in [-0.2, 0) is 4.79 Å². The van der Waals surface area contributed by atoms with Crippen molar-refractivity contribution in [3.63, 3.8) is 0 Å². The summed E-state index contributed by atoms with van der Waals surface area (Å²) in [5, 5.41) is 2.60. The van der Waals surface area contributed by atoms with Gasteiger partial charge in [-0.05, 0) is 6.08 Å². The van der Waals surface area contributed by atoms with Crippen LogP contribution in [0.5, 0.6) is 0 Å². The Hall–Kier alpha value is 0.210. The minimum absolute atomic E-state index is 0. The van der Waals surface area contributed by atoms with Gasteiger partial charge in [0.15, 0.2) is 0 Å². The van der Waals surface area contributed by atoms with E-state index in [9.17, 15) is 4.79 Å². The summed E-state index contributed by atoms with van der Waals surface area (Å²) in [4.78, 5) is 10.6. The fraction of sp³-hybridized carbons (Fsp3) is 0.429. The van der Waals surface area contributed by atoms with Crippen LogP contribution in [0.3, 0.4) is 0 Å². The molecule has 0 bridgehead atoms. The van der Waals surface area contributed by atoms with Crippen LogP contribution < -0.4 is 34.9 Å². The van der Waals surface area contributed by atoms with Gasteiger partial charge in [0.05, 0.1) is 0 Å². The second-order valence-electron chi connectivity index (χ2n) is 2.58. The number of amides is 1. The zero-order chi connectivity index (χ0) is 7.49. The van der Waals surface area contributed by atoms with Gasteiger partial charge >= 0.3 is 29.6 Å². The van der Waals surface area contributed by atoms with E-state index in [0.29, 0.717) is 0 Å². The van der Waals surface area contributed by atoms with E-state index < -0.39 is 5.54 Å². The zero-order valence-electron chi connectivity index (χ0n) is 6.90. The van der Waals surface area contributed by atoms with E-state index in [1.54, 1.807) is 0 Å². The molecule has 3 heteroatoms. The predicted molar refractivity (Wildman–Crippen MR) is 37.8 cm³/mol. The molecule has 0 atom stereocenters. The van der Waals surface area contributed by atoms with Crippen LogP contribution in [0.15, 0.2) is 12.7 Å². The number of nitrogens with one attached hydrogen (secondary N) is 1. The Kier molecular flexibility index (Phi) is 6.35. The summed E-state index contributed by atoms with van der Waals surface area (Å²) in [6, 6.07) is 0. The van der Waals surface area contributed by atoms with Crippen molar-refractivity contribution in [2.24, 2.45) is 0 Å². The van der Waals surface area contributed by atoms with Crippen molar-refractivity contribution in [1.82, 2.24) is 5.32 Å². The zero-order valence-corrected chi connectivity index (χ0v) is 8.90. The molecule has 0 aliphatic heterocycles. The molecule has 1 N–H and O–H groups in total. The molecular formula is C7H12NNaO. The van der Waals surface area contributed by atoms with Crippen molar-refractivity contribution in [2.75, 3.05) is 0 Å². The minimum Gasteiger partial charge on any atom is -0.377 e. The Morgan fingerprint density at radius 3 is 2.20 bits per heavy atom. The topological polar surface area (TPSA) is 29.1 Å². The smallest absolute Gasteiger partial charge is 0.377 e. The molecule has 0 heterocycles. The molecule has 0 unspecified atom stereocenters. The fourth-order valence-corrected chi connectivity index (χ4v) is 0.385. The third kappa shape index (κ3) is 8.21. The molecule has 0 aliphatic rings. The molecule has 0 aromatic rings. The summed E-state index contributed by atoms with van der Waals surface area (Å²) in [5.41, 5.74) is -0.398. The molecule has 0 fully saturated rings. The van der Waals surface area contributed by atoms with Crippen LogP contribution in [-0.4, -0.2) is 11.4 Å². The average molecular weight is 149 g/mol. The van der Waals surface area contributed by atoms with Gasteiger partial charge in [-0.2, -0.15) is 0 Å². The maximum atomic E-state index is 10.6. The van der Waals surface area contributed by atoms with Crippen LogP contribution in [0.4, 0.5) is 0 Å². The van der Waals surface area contributed by atoms with Gasteiger partial charge in [-0.25, -0.2) is 0 Å². The van der Waals surface area contributed by atoms with E-state index in [0.717, 1.165) is 0 Å². The summed E-state index contributed by atoms with van der Waals surface area (Å²) in [6.07, 6.45) is 1.23. The van der Waals surface area contributed by atoms with E-state index >= 15 is 0 Å². The first-order valence-electron chi connectivity index (χ1n) is 2.75. The Bertz CT molecular complexity index is 126. The van der Waals surface area contributed by atoms with Crippen molar-refractivity contribution < 1.29 is 34.4 Å². The summed E-state index contributed by atoms with van der Waals surface area (Å²) in [5.74, 6) is -0.185. The first-order valence-corrected chi connectivity index (χ1v) is 2.75. The Labute approximate surface area is 84.4 Å². The van der Waals surface area contributed by atoms with Gasteiger partial charge in [0.25, 0.3) is 0 Å². The van der Waals surface area contributed by atoms with Crippen molar-refractivity contribution in [3.8, 4) is 0 Å². The molecule has 52 valence electrons. The maximum Gasteiger partial charge on any atom is 1.00 e. The Balaban J connectivity index is 0. The molecule has 0 radical (unpaired) electrons. The molecule has 0 spiro atoms. The predicted octanol–water partition coefficient (Wildman–Crippen LogP) is -2.09. The van der Waals surface area contributed by atoms with Crippen LogP contribution in [0.2, 0.25) is 0 Å². The second-order valence-corrected chi connectivity index (χ2v) is 2.58. The van der Waals surface area contributed by atoms with Crippen LogP contribution >= 0.6 is 0 Å². The van der Waals surface area contributed by atoms with E-state index in [4.69, 9.17) is 0 Å². The molecular weight excluding hydrogens is 137 g/mol. The van der Waals surface area contributed by atoms with Crippen molar-refractivity contribution in [1.29, 1.82) is 0 Å². The fourth-order valence-electron chi connectivity index (χ4n) is 0.385. The van der Waals surface area contributed by atoms with Crippen LogP contribution in [0.1, 0.15) is 13.8 Å². The van der Waals surface area contributed by atoms with E-state index in [1.807, 2.05) is 13.8 Å². The van der Waals surface area contributed by atoms with Gasteiger partial charge in [-0.15, -0.1) is 0 Å². The molecule has 1 amide bonds. The average Bonchev–Trinajstić information content (AvgIpc) is 1.62. The van der Waals surface area contributed by atoms with Crippen LogP contribution in [0, 0.1) is 6.92 Å². The molecule has 0 saturated heterocycles. The number of carbonyl (C=O) groups is 1. The summed E-state index contributed by atoms with van der Waals surface area (Å²) < 4.78 is 0. The molecule has 0 aromatic heterocycles. The third-order valence-electron chi connectivity index (χ3n) is 0.647. The normalized spacial score (nSPS) is 9.50.